The molecule has 1 atom stereocenters. The van der Waals surface area contributed by atoms with Gasteiger partial charge in [-0.15, -0.1) is 0 Å². The van der Waals surface area contributed by atoms with Gasteiger partial charge in [-0.05, 0) is 34.9 Å². The van der Waals surface area contributed by atoms with Crippen LogP contribution in [0.4, 0.5) is 5.69 Å². The quantitative estimate of drug-likeness (QED) is 0.667. The second-order valence-electron chi connectivity index (χ2n) is 8.72. The molecule has 0 fully saturated rings. The number of rotatable bonds is 5. The largest absolute Gasteiger partial charge is 0.490 e. The van der Waals surface area contributed by atoms with Crippen molar-refractivity contribution in [2.45, 2.75) is 10.8 Å². The van der Waals surface area contributed by atoms with Crippen LogP contribution in [0.3, 0.4) is 0 Å². The molecule has 2 aromatic carbocycles. The summed E-state index contributed by atoms with van der Waals surface area (Å²) in [6, 6.07) is 14.2. The Balaban J connectivity index is 1.28. The van der Waals surface area contributed by atoms with E-state index in [0.717, 1.165) is 22.4 Å². The van der Waals surface area contributed by atoms with Gasteiger partial charge in [-0.3, -0.25) is 4.79 Å². The summed E-state index contributed by atoms with van der Waals surface area (Å²) in [5.41, 5.74) is 3.49. The number of sulfonamides is 1. The lowest BCUT2D eigenvalue weighted by Crippen LogP contribution is -2.39. The smallest absolute Gasteiger partial charge is 0.243 e. The highest BCUT2D eigenvalue weighted by Gasteiger charge is 2.39. The number of benzene rings is 2. The van der Waals surface area contributed by atoms with Crippen molar-refractivity contribution in [3.8, 4) is 5.75 Å². The van der Waals surface area contributed by atoms with Crippen molar-refractivity contribution in [3.63, 3.8) is 0 Å². The van der Waals surface area contributed by atoms with Gasteiger partial charge in [-0.1, -0.05) is 30.3 Å². The summed E-state index contributed by atoms with van der Waals surface area (Å²) < 4.78 is 33.8. The van der Waals surface area contributed by atoms with E-state index in [4.69, 9.17) is 4.74 Å². The number of amides is 1. The van der Waals surface area contributed by atoms with Gasteiger partial charge in [0.15, 0.2) is 0 Å². The minimum Gasteiger partial charge on any atom is -0.490 e. The lowest BCUT2D eigenvalue weighted by molar-refractivity contribution is -0.132. The van der Waals surface area contributed by atoms with Crippen LogP contribution in [0.15, 0.2) is 64.6 Å². The lowest BCUT2D eigenvalue weighted by Gasteiger charge is -2.29. The number of fused-ring (bicyclic) bond motifs is 1. The molecule has 5 rings (SSSR count). The molecular formula is C24H27N3O5S. The number of hydrogen-bond acceptors (Lipinski definition) is 6. The van der Waals surface area contributed by atoms with E-state index in [0.29, 0.717) is 32.0 Å². The van der Waals surface area contributed by atoms with Crippen molar-refractivity contribution in [2.24, 2.45) is 0 Å². The van der Waals surface area contributed by atoms with Gasteiger partial charge < -0.3 is 19.6 Å². The summed E-state index contributed by atoms with van der Waals surface area (Å²) in [5, 5.41) is 9.83. The summed E-state index contributed by atoms with van der Waals surface area (Å²) in [6.07, 6.45) is 0. The van der Waals surface area contributed by atoms with Crippen molar-refractivity contribution < 1.29 is 23.1 Å². The van der Waals surface area contributed by atoms with Gasteiger partial charge in [0.05, 0.1) is 29.7 Å². The predicted molar refractivity (Wildman–Crippen MR) is 124 cm³/mol. The highest BCUT2D eigenvalue weighted by molar-refractivity contribution is 7.89. The van der Waals surface area contributed by atoms with Crippen LogP contribution < -0.4 is 9.64 Å². The molecule has 0 saturated carbocycles. The van der Waals surface area contributed by atoms with Crippen LogP contribution in [0.5, 0.6) is 5.75 Å². The van der Waals surface area contributed by atoms with Crippen molar-refractivity contribution in [3.05, 3.63) is 65.2 Å². The Morgan fingerprint density at radius 3 is 2.42 bits per heavy atom. The fourth-order valence-corrected chi connectivity index (χ4v) is 6.19. The van der Waals surface area contributed by atoms with Crippen LogP contribution in [0, 0.1) is 0 Å². The van der Waals surface area contributed by atoms with E-state index in [2.05, 4.69) is 0 Å². The third-order valence-electron chi connectivity index (χ3n) is 6.66. The Labute approximate surface area is 193 Å². The van der Waals surface area contributed by atoms with Gasteiger partial charge in [-0.25, -0.2) is 8.42 Å². The van der Waals surface area contributed by atoms with E-state index < -0.39 is 15.9 Å². The van der Waals surface area contributed by atoms with Gasteiger partial charge >= 0.3 is 0 Å². The first-order valence-corrected chi connectivity index (χ1v) is 12.4. The first-order valence-electron chi connectivity index (χ1n) is 11.0. The second-order valence-corrected chi connectivity index (χ2v) is 10.7. The number of aliphatic hydroxyl groups excluding tert-OH is 1. The first kappa shape index (κ1) is 21.9. The molecule has 9 heteroatoms. The van der Waals surface area contributed by atoms with Crippen molar-refractivity contribution in [1.82, 2.24) is 9.21 Å². The summed E-state index contributed by atoms with van der Waals surface area (Å²) in [6.45, 7) is 2.36. The van der Waals surface area contributed by atoms with Crippen molar-refractivity contribution in [2.75, 3.05) is 57.9 Å². The summed E-state index contributed by atoms with van der Waals surface area (Å²) in [5.74, 6) is -0.0539. The molecule has 3 heterocycles. The number of anilines is 1. The molecule has 33 heavy (non-hydrogen) atoms. The molecular weight excluding hydrogens is 442 g/mol. The van der Waals surface area contributed by atoms with Crippen molar-refractivity contribution in [1.29, 1.82) is 0 Å². The standard InChI is InChI=1S/C24H27N3O5S/c1-25-9-10-32-23-8-7-20(11-22(23)25)33(30,31)27-14-18-12-26(13-19(18)15-27)24(29)21(16-28)17-5-3-2-4-6-17/h2-8,11,21,28H,9-10,12-16H2,1H3. The SMILES string of the molecule is CN1CCOc2ccc(S(=O)(=O)N3CC4=C(CN(C(=O)C(CO)c5ccccc5)C4)C3)cc21. The lowest BCUT2D eigenvalue weighted by atomic mass is 9.98. The fraction of sp³-hybridized carbons (Fsp3) is 0.375. The molecule has 2 aromatic rings. The van der Waals surface area contributed by atoms with Gasteiger partial charge in [0.2, 0.25) is 15.9 Å². The third-order valence-corrected chi connectivity index (χ3v) is 8.44. The minimum atomic E-state index is -3.67. The van der Waals surface area contributed by atoms with Crippen LogP contribution in [0.1, 0.15) is 11.5 Å². The van der Waals surface area contributed by atoms with Crippen molar-refractivity contribution >= 4 is 21.6 Å². The van der Waals surface area contributed by atoms with E-state index in [1.54, 1.807) is 23.1 Å². The van der Waals surface area contributed by atoms with E-state index in [1.165, 1.54) is 4.31 Å². The molecule has 3 aliphatic rings. The van der Waals surface area contributed by atoms with Gasteiger partial charge in [0.25, 0.3) is 0 Å². The van der Waals surface area contributed by atoms with Crippen LogP contribution in [-0.2, 0) is 14.8 Å². The number of nitrogens with zero attached hydrogens (tertiary/aromatic N) is 3. The Morgan fingerprint density at radius 2 is 1.76 bits per heavy atom. The van der Waals surface area contributed by atoms with Crippen LogP contribution in [-0.4, -0.2) is 81.6 Å². The first-order chi connectivity index (χ1) is 15.9. The Hall–Kier alpha value is -2.88. The Bertz CT molecular complexity index is 1190. The van der Waals surface area contributed by atoms with E-state index >= 15 is 0 Å². The monoisotopic (exact) mass is 469 g/mol. The maximum atomic E-state index is 13.3. The van der Waals surface area contributed by atoms with Crippen LogP contribution >= 0.6 is 0 Å². The molecule has 3 aliphatic heterocycles. The summed E-state index contributed by atoms with van der Waals surface area (Å²) >= 11 is 0. The number of aliphatic hydroxyl groups is 1. The molecule has 0 spiro atoms. The topological polar surface area (TPSA) is 90.4 Å². The van der Waals surface area contributed by atoms with E-state index in [9.17, 15) is 18.3 Å². The molecule has 1 amide bonds. The van der Waals surface area contributed by atoms with E-state index in [1.807, 2.05) is 42.3 Å². The summed E-state index contributed by atoms with van der Waals surface area (Å²) in [4.78, 5) is 17.0. The van der Waals surface area contributed by atoms with Crippen LogP contribution in [0.2, 0.25) is 0 Å². The Kier molecular flexibility index (Phi) is 5.64. The fourth-order valence-electron chi connectivity index (χ4n) is 4.74. The molecule has 0 bridgehead atoms. The average molecular weight is 470 g/mol. The van der Waals surface area contributed by atoms with Gasteiger partial charge in [0, 0.05) is 33.2 Å². The second kappa shape index (κ2) is 8.48. The predicted octanol–water partition coefficient (Wildman–Crippen LogP) is 1.43. The maximum absolute atomic E-state index is 13.3. The van der Waals surface area contributed by atoms with Gasteiger partial charge in [-0.2, -0.15) is 4.31 Å². The molecule has 1 unspecified atom stereocenters. The van der Waals surface area contributed by atoms with Crippen LogP contribution in [0.25, 0.3) is 0 Å². The highest BCUT2D eigenvalue weighted by Crippen LogP contribution is 2.36. The van der Waals surface area contributed by atoms with E-state index in [-0.39, 0.29) is 30.5 Å². The molecule has 174 valence electrons. The number of carbonyl (C=O) groups is 1. The molecule has 0 aliphatic carbocycles. The Morgan fingerprint density at radius 1 is 1.06 bits per heavy atom. The number of carbonyl (C=O) groups excluding carboxylic acids is 1. The molecule has 0 radical (unpaired) electrons. The third kappa shape index (κ3) is 3.90. The zero-order valence-electron chi connectivity index (χ0n) is 18.5. The average Bonchev–Trinajstić information content (AvgIpc) is 3.40. The normalized spacial score (nSPS) is 19.3. The highest BCUT2D eigenvalue weighted by atomic mass is 32.2. The summed E-state index contributed by atoms with van der Waals surface area (Å²) in [7, 11) is -1.75. The molecule has 1 N–H and O–H groups in total. The minimum absolute atomic E-state index is 0.134. The number of ether oxygens (including phenoxy) is 1. The zero-order chi connectivity index (χ0) is 23.2. The maximum Gasteiger partial charge on any atom is 0.243 e. The number of hydrogen-bond donors (Lipinski definition) is 1. The van der Waals surface area contributed by atoms with Gasteiger partial charge in [0.1, 0.15) is 12.4 Å². The molecule has 8 nitrogen and oxygen atoms in total. The molecule has 0 aromatic heterocycles. The molecule has 0 saturated heterocycles. The zero-order valence-corrected chi connectivity index (χ0v) is 19.3. The number of likely N-dealkylation sites (N-methyl/N-ethyl adjacent to an activating group) is 1.